The van der Waals surface area contributed by atoms with E-state index in [2.05, 4.69) is 29.8 Å². The molecule has 7 nitrogen and oxygen atoms in total. The quantitative estimate of drug-likeness (QED) is 0.368. The van der Waals surface area contributed by atoms with Crippen LogP contribution in [0, 0.1) is 15.5 Å². The van der Waals surface area contributed by atoms with Gasteiger partial charge in [0.1, 0.15) is 0 Å². The average molecular weight is 538 g/mol. The van der Waals surface area contributed by atoms with Gasteiger partial charge in [0.2, 0.25) is 0 Å². The van der Waals surface area contributed by atoms with E-state index in [1.54, 1.807) is 22.8 Å². The predicted molar refractivity (Wildman–Crippen MR) is 133 cm³/mol. The van der Waals surface area contributed by atoms with Crippen molar-refractivity contribution in [1.82, 2.24) is 4.57 Å². The van der Waals surface area contributed by atoms with Gasteiger partial charge in [-0.15, -0.1) is 0 Å². The van der Waals surface area contributed by atoms with Gasteiger partial charge in [-0.1, -0.05) is 53.2 Å². The van der Waals surface area contributed by atoms with Gasteiger partial charge in [-0.2, -0.15) is 0 Å². The number of carbonyl (C=O) groups excluding carboxylic acids is 1. The molecule has 0 saturated carbocycles. The monoisotopic (exact) mass is 537 g/mol. The fraction of sp³-hybridized carbons (Fsp3) is 0.240. The summed E-state index contributed by atoms with van der Waals surface area (Å²) in [6, 6.07) is 13.1. The molecule has 172 valence electrons. The minimum absolute atomic E-state index is 0.0120. The lowest BCUT2D eigenvalue weighted by Gasteiger charge is -2.35. The molecule has 3 aromatic rings. The summed E-state index contributed by atoms with van der Waals surface area (Å²) in [6.45, 7) is 4.12. The number of nitro benzene ring substituents is 1. The first-order valence-corrected chi connectivity index (χ1v) is 12.3. The van der Waals surface area contributed by atoms with E-state index in [0.29, 0.717) is 33.3 Å². The van der Waals surface area contributed by atoms with Gasteiger partial charge in [0.25, 0.3) is 11.2 Å². The first kappa shape index (κ1) is 22.6. The van der Waals surface area contributed by atoms with Crippen molar-refractivity contribution in [2.45, 2.75) is 32.7 Å². The van der Waals surface area contributed by atoms with Crippen molar-refractivity contribution >= 4 is 44.8 Å². The van der Waals surface area contributed by atoms with E-state index < -0.39 is 11.0 Å². The van der Waals surface area contributed by atoms with Crippen LogP contribution in [0.4, 0.5) is 5.69 Å². The molecule has 0 radical (unpaired) electrons. The first-order valence-electron chi connectivity index (χ1n) is 10.7. The van der Waals surface area contributed by atoms with E-state index in [1.807, 2.05) is 24.3 Å². The number of nitrogens with zero attached hydrogens (tertiary/aromatic N) is 3. The molecule has 0 bridgehead atoms. The molecule has 5 rings (SSSR count). The highest BCUT2D eigenvalue weighted by atomic mass is 79.9. The van der Waals surface area contributed by atoms with Crippen molar-refractivity contribution in [3.8, 4) is 0 Å². The molecule has 34 heavy (non-hydrogen) atoms. The maximum Gasteiger partial charge on any atom is 0.271 e. The number of hydrogen-bond donors (Lipinski definition) is 0. The molecule has 1 aromatic heterocycles. The Morgan fingerprint density at radius 1 is 1.18 bits per heavy atom. The number of hydrogen-bond acceptors (Lipinski definition) is 6. The highest BCUT2D eigenvalue weighted by molar-refractivity contribution is 9.10. The Balaban J connectivity index is 1.73. The van der Waals surface area contributed by atoms with Crippen LogP contribution in [0.2, 0.25) is 0 Å². The van der Waals surface area contributed by atoms with Gasteiger partial charge in [0.15, 0.2) is 10.6 Å². The number of Topliss-reactive ketones (excluding diaryl/α,β-unsaturated/α-hetero) is 1. The van der Waals surface area contributed by atoms with Gasteiger partial charge >= 0.3 is 0 Å². The Morgan fingerprint density at radius 2 is 1.91 bits per heavy atom. The predicted octanol–water partition coefficient (Wildman–Crippen LogP) is 4.28. The van der Waals surface area contributed by atoms with Crippen molar-refractivity contribution in [2.24, 2.45) is 10.4 Å². The van der Waals surface area contributed by atoms with E-state index in [4.69, 9.17) is 4.99 Å². The number of halogens is 1. The van der Waals surface area contributed by atoms with Crippen LogP contribution in [-0.2, 0) is 4.79 Å². The summed E-state index contributed by atoms with van der Waals surface area (Å²) in [5, 5.41) is 10.9. The van der Waals surface area contributed by atoms with Gasteiger partial charge in [0, 0.05) is 28.6 Å². The van der Waals surface area contributed by atoms with E-state index in [9.17, 15) is 19.7 Å². The van der Waals surface area contributed by atoms with Gasteiger partial charge in [-0.3, -0.25) is 24.3 Å². The number of non-ortho nitro benzene ring substituents is 1. The van der Waals surface area contributed by atoms with Crippen molar-refractivity contribution in [3.63, 3.8) is 0 Å². The number of aromatic nitrogens is 1. The number of rotatable bonds is 3. The number of thiazole rings is 1. The molecule has 0 fully saturated rings. The summed E-state index contributed by atoms with van der Waals surface area (Å²) in [5.41, 5.74) is 2.40. The van der Waals surface area contributed by atoms with E-state index in [-0.39, 0.29) is 22.4 Å². The molecule has 0 saturated heterocycles. The van der Waals surface area contributed by atoms with Crippen LogP contribution >= 0.6 is 27.3 Å². The third-order valence-corrected chi connectivity index (χ3v) is 7.54. The fourth-order valence-corrected chi connectivity index (χ4v) is 6.02. The molecule has 0 amide bonds. The lowest BCUT2D eigenvalue weighted by Crippen LogP contribution is -2.42. The van der Waals surface area contributed by atoms with Crippen LogP contribution < -0.4 is 14.9 Å². The first-order chi connectivity index (χ1) is 16.1. The maximum absolute atomic E-state index is 13.6. The standard InChI is InChI=1S/C25H20BrN3O4S/c1-25(2)12-18-21(19(30)13-25)22(15-4-3-5-16(26)11-15)28-23(31)20(34-24(28)27-18)10-14-6-8-17(9-7-14)29(32)33/h3-11,22H,12-13H2,1-2H3. The fourth-order valence-electron chi connectivity index (χ4n) is 4.58. The Kier molecular flexibility index (Phi) is 5.49. The zero-order chi connectivity index (χ0) is 24.2. The zero-order valence-electron chi connectivity index (χ0n) is 18.4. The largest absolute Gasteiger partial charge is 0.294 e. The summed E-state index contributed by atoms with van der Waals surface area (Å²) in [4.78, 5) is 42.7. The molecular formula is C25H20BrN3O4S. The summed E-state index contributed by atoms with van der Waals surface area (Å²) in [7, 11) is 0. The minimum atomic E-state index is -0.550. The number of benzene rings is 2. The van der Waals surface area contributed by atoms with Gasteiger partial charge in [-0.25, -0.2) is 4.99 Å². The van der Waals surface area contributed by atoms with Crippen LogP contribution in [0.25, 0.3) is 6.08 Å². The number of fused-ring (bicyclic) bond motifs is 1. The SMILES string of the molecule is CC1(C)CC(=O)C2=C(C1)N=c1sc(=Cc3ccc([N+](=O)[O-])cc3)c(=O)n1C2c1cccc(Br)c1. The molecule has 1 aliphatic carbocycles. The van der Waals surface area contributed by atoms with Crippen molar-refractivity contribution in [2.75, 3.05) is 0 Å². The van der Waals surface area contributed by atoms with Crippen LogP contribution in [0.3, 0.4) is 0 Å². The Labute approximate surface area is 207 Å². The Bertz CT molecular complexity index is 1560. The molecular weight excluding hydrogens is 518 g/mol. The lowest BCUT2D eigenvalue weighted by molar-refractivity contribution is -0.384. The topological polar surface area (TPSA) is 94.6 Å². The van der Waals surface area contributed by atoms with Crippen LogP contribution in [0.5, 0.6) is 0 Å². The molecule has 1 unspecified atom stereocenters. The van der Waals surface area contributed by atoms with Gasteiger partial charge < -0.3 is 0 Å². The molecule has 2 heterocycles. The third kappa shape index (κ3) is 3.99. The van der Waals surface area contributed by atoms with Crippen LogP contribution in [0.1, 0.15) is 43.9 Å². The normalized spacial score (nSPS) is 19.4. The summed E-state index contributed by atoms with van der Waals surface area (Å²) < 4.78 is 2.93. The smallest absolute Gasteiger partial charge is 0.271 e. The van der Waals surface area contributed by atoms with Crippen LogP contribution in [0.15, 0.2) is 74.1 Å². The summed E-state index contributed by atoms with van der Waals surface area (Å²) in [5.74, 6) is 0.0182. The van der Waals surface area contributed by atoms with E-state index in [1.165, 1.54) is 23.5 Å². The number of ketones is 1. The van der Waals surface area contributed by atoms with E-state index in [0.717, 1.165) is 15.7 Å². The number of carbonyl (C=O) groups is 1. The lowest BCUT2D eigenvalue weighted by atomic mass is 9.73. The second-order valence-corrected chi connectivity index (χ2v) is 11.2. The highest BCUT2D eigenvalue weighted by Crippen LogP contribution is 2.43. The average Bonchev–Trinajstić information content (AvgIpc) is 3.06. The molecule has 2 aromatic carbocycles. The number of allylic oxidation sites excluding steroid dienone is 2. The summed E-state index contributed by atoms with van der Waals surface area (Å²) in [6.07, 6.45) is 2.77. The maximum atomic E-state index is 13.6. The second kappa shape index (κ2) is 8.25. The van der Waals surface area contributed by atoms with E-state index >= 15 is 0 Å². The molecule has 1 atom stereocenters. The van der Waals surface area contributed by atoms with Crippen molar-refractivity contribution < 1.29 is 9.72 Å². The van der Waals surface area contributed by atoms with Gasteiger partial charge in [0.05, 0.1) is 21.2 Å². The number of nitro groups is 1. The summed E-state index contributed by atoms with van der Waals surface area (Å²) >= 11 is 4.77. The molecule has 9 heteroatoms. The van der Waals surface area contributed by atoms with Gasteiger partial charge in [-0.05, 0) is 53.3 Å². The molecule has 1 aliphatic heterocycles. The van der Waals surface area contributed by atoms with Crippen molar-refractivity contribution in [1.29, 1.82) is 0 Å². The minimum Gasteiger partial charge on any atom is -0.294 e. The van der Waals surface area contributed by atoms with Crippen molar-refractivity contribution in [3.05, 3.63) is 105 Å². The zero-order valence-corrected chi connectivity index (χ0v) is 20.9. The van der Waals surface area contributed by atoms with Crippen LogP contribution in [-0.4, -0.2) is 15.3 Å². The third-order valence-electron chi connectivity index (χ3n) is 6.06. The molecule has 0 spiro atoms. The Morgan fingerprint density at radius 3 is 2.59 bits per heavy atom. The Hall–Kier alpha value is -3.17. The second-order valence-electron chi connectivity index (χ2n) is 9.29. The highest BCUT2D eigenvalue weighted by Gasteiger charge is 2.40. The molecule has 0 N–H and O–H groups in total. The molecule has 2 aliphatic rings.